The minimum absolute atomic E-state index is 0. The predicted octanol–water partition coefficient (Wildman–Crippen LogP) is 1.30. The van der Waals surface area contributed by atoms with E-state index in [1.165, 1.54) is 25.1 Å². The van der Waals surface area contributed by atoms with Crippen LogP contribution in [-0.4, -0.2) is 32.0 Å². The first-order valence-corrected chi connectivity index (χ1v) is 9.67. The topological polar surface area (TPSA) is 34.1 Å². The number of carbonyl (C=O) groups excluding carboxylic acids is 2. The van der Waals surface area contributed by atoms with Gasteiger partial charge in [-0.3, -0.25) is 4.79 Å². The molecule has 0 amide bonds. The molecule has 8 heteroatoms. The summed E-state index contributed by atoms with van der Waals surface area (Å²) in [6.07, 6.45) is 2.30. The summed E-state index contributed by atoms with van der Waals surface area (Å²) >= 11 is 15.2. The van der Waals surface area contributed by atoms with E-state index in [4.69, 9.17) is 0 Å². The van der Waals surface area contributed by atoms with Crippen molar-refractivity contribution in [1.82, 2.24) is 0 Å². The monoisotopic (exact) mass is 510 g/mol. The Morgan fingerprint density at radius 3 is 1.50 bits per heavy atom. The van der Waals surface area contributed by atoms with Crippen LogP contribution in [0.2, 0.25) is 0 Å². The van der Waals surface area contributed by atoms with Gasteiger partial charge in [-0.25, -0.2) is 0 Å². The van der Waals surface area contributed by atoms with Crippen molar-refractivity contribution in [3.05, 3.63) is 0 Å². The molecule has 0 saturated carbocycles. The SMILES string of the molecule is BrCCCBr.CC(=O)SCCCBr.CC(=O)[S-].[K+]. The predicted molar refractivity (Wildman–Crippen MR) is 91.8 cm³/mol. The Morgan fingerprint density at radius 2 is 1.33 bits per heavy atom. The molecule has 0 bridgehead atoms. The van der Waals surface area contributed by atoms with Crippen LogP contribution in [0, 0.1) is 0 Å². The molecule has 0 saturated heterocycles. The van der Waals surface area contributed by atoms with Crippen LogP contribution in [0.5, 0.6) is 0 Å². The minimum Gasteiger partial charge on any atom is -0.742 e. The molecule has 18 heavy (non-hydrogen) atoms. The van der Waals surface area contributed by atoms with Gasteiger partial charge in [-0.15, -0.1) is 0 Å². The maximum Gasteiger partial charge on any atom is 1.00 e. The molecular weight excluding hydrogens is 495 g/mol. The van der Waals surface area contributed by atoms with E-state index in [9.17, 15) is 9.59 Å². The zero-order chi connectivity index (χ0) is 14.1. The molecule has 0 aliphatic rings. The summed E-state index contributed by atoms with van der Waals surface area (Å²) in [7, 11) is 0. The molecule has 0 rings (SSSR count). The second-order valence-corrected chi connectivity index (χ2v) is 6.83. The van der Waals surface area contributed by atoms with Crippen molar-refractivity contribution in [2.45, 2.75) is 26.7 Å². The van der Waals surface area contributed by atoms with Gasteiger partial charge in [-0.05, 0) is 19.8 Å². The first-order valence-electron chi connectivity index (χ1n) is 4.91. The second kappa shape index (κ2) is 28.2. The van der Waals surface area contributed by atoms with Gasteiger partial charge < -0.3 is 17.4 Å². The standard InChI is InChI=1S/C5H9BrOS.C3H6Br2.C2H4OS.K/c1-5(7)8-4-2-3-6;4-2-1-3-5;1-2(3)4;/h2-4H2,1H3;1-3H2;1H3,(H,3,4);/q;;;+1/p-1. The first-order chi connectivity index (χ1) is 7.92. The Hall–Kier alpha value is 2.99. The van der Waals surface area contributed by atoms with Crippen molar-refractivity contribution in [3.63, 3.8) is 0 Å². The summed E-state index contributed by atoms with van der Waals surface area (Å²) in [4.78, 5) is 19.5. The van der Waals surface area contributed by atoms with Crippen LogP contribution in [0.3, 0.4) is 0 Å². The van der Waals surface area contributed by atoms with Crippen molar-refractivity contribution < 1.29 is 61.0 Å². The number of thioether (sulfide) groups is 1. The average Bonchev–Trinajstić information content (AvgIpc) is 2.19. The molecule has 0 aromatic rings. The van der Waals surface area contributed by atoms with Gasteiger partial charge in [0.1, 0.15) is 0 Å². The largest absolute Gasteiger partial charge is 1.00 e. The Balaban J connectivity index is -0.0000000855. The van der Waals surface area contributed by atoms with E-state index in [1.54, 1.807) is 6.92 Å². The average molecular weight is 513 g/mol. The Kier molecular flexibility index (Phi) is 45.5. The summed E-state index contributed by atoms with van der Waals surface area (Å²) in [5, 5.41) is 3.18. The maximum atomic E-state index is 10.3. The number of rotatable bonds is 5. The molecule has 0 atom stereocenters. The van der Waals surface area contributed by atoms with E-state index in [-0.39, 0.29) is 61.6 Å². The van der Waals surface area contributed by atoms with Crippen molar-refractivity contribution in [2.75, 3.05) is 21.7 Å². The number of hydrogen-bond acceptors (Lipinski definition) is 4. The van der Waals surface area contributed by atoms with Gasteiger partial charge in [0.05, 0.1) is 0 Å². The molecule has 104 valence electrons. The fourth-order valence-electron chi connectivity index (χ4n) is 0.321. The fourth-order valence-corrected chi connectivity index (χ4v) is 2.86. The molecule has 0 aromatic carbocycles. The summed E-state index contributed by atoms with van der Waals surface area (Å²) < 4.78 is 0. The van der Waals surface area contributed by atoms with E-state index in [0.29, 0.717) is 0 Å². The zero-order valence-electron chi connectivity index (χ0n) is 11.0. The van der Waals surface area contributed by atoms with E-state index >= 15 is 0 Å². The maximum absolute atomic E-state index is 10.3. The number of halogens is 3. The molecule has 0 aliphatic carbocycles. The molecule has 0 aromatic heterocycles. The minimum atomic E-state index is -0.250. The van der Waals surface area contributed by atoms with Gasteiger partial charge >= 0.3 is 51.4 Å². The van der Waals surface area contributed by atoms with Gasteiger partial charge in [0.2, 0.25) is 0 Å². The molecule has 0 N–H and O–H groups in total. The number of carbonyl (C=O) groups is 2. The third-order valence-corrected chi connectivity index (χ3v) is 3.43. The molecule has 0 unspecified atom stereocenters. The van der Waals surface area contributed by atoms with Crippen LogP contribution in [0.15, 0.2) is 0 Å². The third kappa shape index (κ3) is 61.6. The zero-order valence-corrected chi connectivity index (χ0v) is 20.5. The molecule has 0 heterocycles. The molecule has 0 radical (unpaired) electrons. The Labute approximate surface area is 188 Å². The van der Waals surface area contributed by atoms with Crippen LogP contribution < -0.4 is 51.4 Å². The molecule has 0 fully saturated rings. The Bertz CT molecular complexity index is 181. The molecule has 0 spiro atoms. The van der Waals surface area contributed by atoms with E-state index in [2.05, 4.69) is 60.4 Å². The van der Waals surface area contributed by atoms with Crippen molar-refractivity contribution in [3.8, 4) is 0 Å². The molecular formula is C10H18Br3KO2S2. The number of hydrogen-bond donors (Lipinski definition) is 0. The van der Waals surface area contributed by atoms with Gasteiger partial charge in [0, 0.05) is 33.8 Å². The van der Waals surface area contributed by atoms with Gasteiger partial charge in [0.25, 0.3) is 0 Å². The Morgan fingerprint density at radius 1 is 1.00 bits per heavy atom. The normalized spacial score (nSPS) is 7.83. The van der Waals surface area contributed by atoms with E-state index in [0.717, 1.165) is 28.2 Å². The van der Waals surface area contributed by atoms with Gasteiger partial charge in [-0.2, -0.15) is 0 Å². The van der Waals surface area contributed by atoms with Gasteiger partial charge in [0.15, 0.2) is 5.12 Å². The fraction of sp³-hybridized carbons (Fsp3) is 0.800. The summed E-state index contributed by atoms with van der Waals surface area (Å²) in [5.74, 6) is 0.945. The van der Waals surface area contributed by atoms with E-state index in [1.807, 2.05) is 0 Å². The number of alkyl halides is 3. The van der Waals surface area contributed by atoms with Crippen LogP contribution >= 0.6 is 59.6 Å². The summed E-state index contributed by atoms with van der Waals surface area (Å²) in [6, 6.07) is 0. The van der Waals surface area contributed by atoms with Crippen molar-refractivity contribution in [1.29, 1.82) is 0 Å². The molecule has 2 nitrogen and oxygen atoms in total. The van der Waals surface area contributed by atoms with Gasteiger partial charge in [-0.1, -0.05) is 59.6 Å². The summed E-state index contributed by atoms with van der Waals surface area (Å²) in [5.41, 5.74) is 0. The second-order valence-electron chi connectivity index (χ2n) is 2.61. The quantitative estimate of drug-likeness (QED) is 0.241. The third-order valence-electron chi connectivity index (χ3n) is 0.851. The van der Waals surface area contributed by atoms with Crippen LogP contribution in [0.4, 0.5) is 0 Å². The van der Waals surface area contributed by atoms with Crippen LogP contribution in [-0.2, 0) is 22.2 Å². The summed E-state index contributed by atoms with van der Waals surface area (Å²) in [6.45, 7) is 2.94. The van der Waals surface area contributed by atoms with E-state index < -0.39 is 0 Å². The van der Waals surface area contributed by atoms with Crippen LogP contribution in [0.1, 0.15) is 26.7 Å². The van der Waals surface area contributed by atoms with Crippen molar-refractivity contribution >= 4 is 82.4 Å². The smallest absolute Gasteiger partial charge is 0.742 e. The van der Waals surface area contributed by atoms with Crippen molar-refractivity contribution in [2.24, 2.45) is 0 Å². The van der Waals surface area contributed by atoms with Crippen LogP contribution in [0.25, 0.3) is 0 Å². The first kappa shape index (κ1) is 29.1. The molecule has 0 aliphatic heterocycles.